The van der Waals surface area contributed by atoms with Gasteiger partial charge in [0.1, 0.15) is 0 Å². The van der Waals surface area contributed by atoms with Crippen LogP contribution in [-0.2, 0) is 11.3 Å². The van der Waals surface area contributed by atoms with E-state index in [1.807, 2.05) is 18.2 Å². The van der Waals surface area contributed by atoms with Crippen molar-refractivity contribution < 1.29 is 14.3 Å². The molecule has 2 aromatic carbocycles. The summed E-state index contributed by atoms with van der Waals surface area (Å²) in [4.78, 5) is 12.0. The molecule has 0 bridgehead atoms. The van der Waals surface area contributed by atoms with Crippen molar-refractivity contribution in [2.45, 2.75) is 26.8 Å². The number of carbonyl (C=O) groups is 1. The van der Waals surface area contributed by atoms with Crippen molar-refractivity contribution >= 4 is 11.6 Å². The molecule has 0 saturated heterocycles. The Kier molecular flexibility index (Phi) is 6.69. The maximum atomic E-state index is 12.0. The molecule has 0 fully saturated rings. The summed E-state index contributed by atoms with van der Waals surface area (Å²) < 4.78 is 10.5. The van der Waals surface area contributed by atoms with E-state index in [0.717, 1.165) is 11.3 Å². The molecule has 0 atom stereocenters. The highest BCUT2D eigenvalue weighted by Gasteiger charge is 2.06. The number of rotatable bonds is 8. The highest BCUT2D eigenvalue weighted by molar-refractivity contribution is 5.76. The molecule has 2 aromatic rings. The Morgan fingerprint density at radius 2 is 1.76 bits per heavy atom. The highest BCUT2D eigenvalue weighted by Crippen LogP contribution is 2.27. The maximum Gasteiger partial charge on any atom is 0.222 e. The summed E-state index contributed by atoms with van der Waals surface area (Å²) in [5.41, 5.74) is 4.42. The summed E-state index contributed by atoms with van der Waals surface area (Å²) in [6, 6.07) is 11.9. The van der Waals surface area contributed by atoms with Gasteiger partial charge in [-0.15, -0.1) is 0 Å². The largest absolute Gasteiger partial charge is 0.493 e. The molecule has 2 rings (SSSR count). The first-order valence-electron chi connectivity index (χ1n) is 8.32. The molecule has 0 spiro atoms. The minimum absolute atomic E-state index is 0.00703. The second-order valence-electron chi connectivity index (χ2n) is 5.96. The number of benzene rings is 2. The molecule has 0 heterocycles. The molecule has 0 aromatic heterocycles. The molecule has 0 unspecified atom stereocenters. The van der Waals surface area contributed by atoms with Crippen molar-refractivity contribution in [3.05, 3.63) is 53.1 Å². The highest BCUT2D eigenvalue weighted by atomic mass is 16.5. The summed E-state index contributed by atoms with van der Waals surface area (Å²) in [7, 11) is 3.20. The number of anilines is 1. The van der Waals surface area contributed by atoms with E-state index in [4.69, 9.17) is 9.47 Å². The average molecular weight is 342 g/mol. The summed E-state index contributed by atoms with van der Waals surface area (Å²) in [6.07, 6.45) is 0.417. The second-order valence-corrected chi connectivity index (χ2v) is 5.96. The van der Waals surface area contributed by atoms with Crippen LogP contribution in [0.15, 0.2) is 36.4 Å². The van der Waals surface area contributed by atoms with Crippen molar-refractivity contribution in [3.63, 3.8) is 0 Å². The monoisotopic (exact) mass is 342 g/mol. The van der Waals surface area contributed by atoms with Crippen LogP contribution in [0.3, 0.4) is 0 Å². The third kappa shape index (κ3) is 5.41. The minimum atomic E-state index is 0.00703. The zero-order chi connectivity index (χ0) is 18.2. The van der Waals surface area contributed by atoms with Crippen LogP contribution >= 0.6 is 0 Å². The molecule has 0 aliphatic rings. The number of carbonyl (C=O) groups excluding carboxylic acids is 1. The molecule has 0 radical (unpaired) electrons. The summed E-state index contributed by atoms with van der Waals surface area (Å²) >= 11 is 0. The summed E-state index contributed by atoms with van der Waals surface area (Å²) in [5, 5.41) is 6.24. The lowest BCUT2D eigenvalue weighted by molar-refractivity contribution is -0.121. The molecule has 5 heteroatoms. The predicted molar refractivity (Wildman–Crippen MR) is 100 cm³/mol. The van der Waals surface area contributed by atoms with Crippen LogP contribution in [0.4, 0.5) is 5.69 Å². The lowest BCUT2D eigenvalue weighted by Crippen LogP contribution is -2.25. The van der Waals surface area contributed by atoms with E-state index in [2.05, 4.69) is 42.7 Å². The molecule has 5 nitrogen and oxygen atoms in total. The zero-order valence-electron chi connectivity index (χ0n) is 15.3. The number of methoxy groups -OCH3 is 2. The molecule has 1 amide bonds. The fraction of sp³-hybridized carbons (Fsp3) is 0.350. The zero-order valence-corrected chi connectivity index (χ0v) is 15.3. The van der Waals surface area contributed by atoms with Crippen LogP contribution in [0.1, 0.15) is 23.1 Å². The summed E-state index contributed by atoms with van der Waals surface area (Å²) in [6.45, 7) is 5.17. The van der Waals surface area contributed by atoms with Crippen LogP contribution in [-0.4, -0.2) is 26.7 Å². The van der Waals surface area contributed by atoms with Crippen LogP contribution in [0.25, 0.3) is 0 Å². The topological polar surface area (TPSA) is 59.6 Å². The Bertz CT molecular complexity index is 729. The Balaban J connectivity index is 1.80. The van der Waals surface area contributed by atoms with Gasteiger partial charge in [-0.3, -0.25) is 4.79 Å². The van der Waals surface area contributed by atoms with Crippen LogP contribution in [0.2, 0.25) is 0 Å². The first kappa shape index (κ1) is 18.6. The number of hydrogen-bond acceptors (Lipinski definition) is 4. The normalized spacial score (nSPS) is 10.2. The third-order valence-electron chi connectivity index (χ3n) is 4.00. The van der Waals surface area contributed by atoms with Gasteiger partial charge in [0.05, 0.1) is 14.2 Å². The van der Waals surface area contributed by atoms with E-state index >= 15 is 0 Å². The van der Waals surface area contributed by atoms with Crippen LogP contribution < -0.4 is 20.1 Å². The van der Waals surface area contributed by atoms with Crippen LogP contribution in [0, 0.1) is 13.8 Å². The smallest absolute Gasteiger partial charge is 0.222 e. The molecular formula is C20H26N2O3. The Labute approximate surface area is 149 Å². The van der Waals surface area contributed by atoms with Gasteiger partial charge in [-0.2, -0.15) is 0 Å². The van der Waals surface area contributed by atoms with E-state index in [0.29, 0.717) is 31.0 Å². The van der Waals surface area contributed by atoms with Crippen molar-refractivity contribution in [3.8, 4) is 11.5 Å². The summed E-state index contributed by atoms with van der Waals surface area (Å²) in [5.74, 6) is 1.34. The van der Waals surface area contributed by atoms with Crippen molar-refractivity contribution in [2.24, 2.45) is 0 Å². The van der Waals surface area contributed by atoms with Crippen molar-refractivity contribution in [2.75, 3.05) is 26.1 Å². The van der Waals surface area contributed by atoms with Gasteiger partial charge in [-0.05, 0) is 48.7 Å². The SMILES string of the molecule is COc1ccc(CNC(=O)CCNc2cc(C)ccc2C)cc1OC. The fourth-order valence-corrected chi connectivity index (χ4v) is 2.52. The van der Waals surface area contributed by atoms with E-state index in [1.54, 1.807) is 14.2 Å². The van der Waals surface area contributed by atoms with Gasteiger partial charge in [0.2, 0.25) is 5.91 Å². The average Bonchev–Trinajstić information content (AvgIpc) is 2.62. The molecule has 25 heavy (non-hydrogen) atoms. The molecule has 134 valence electrons. The van der Waals surface area contributed by atoms with Gasteiger partial charge in [0.25, 0.3) is 0 Å². The standard InChI is InChI=1S/C20H26N2O3/c1-14-5-6-15(2)17(11-14)21-10-9-20(23)22-13-16-7-8-18(24-3)19(12-16)25-4/h5-8,11-12,21H,9-10,13H2,1-4H3,(H,22,23). The van der Waals surface area contributed by atoms with Gasteiger partial charge in [-0.25, -0.2) is 0 Å². The molecular weight excluding hydrogens is 316 g/mol. The second kappa shape index (κ2) is 8.97. The van der Waals surface area contributed by atoms with Crippen LogP contribution in [0.5, 0.6) is 11.5 Å². The lowest BCUT2D eigenvalue weighted by Gasteiger charge is -2.12. The van der Waals surface area contributed by atoms with Crippen molar-refractivity contribution in [1.29, 1.82) is 0 Å². The first-order chi connectivity index (χ1) is 12.0. The number of hydrogen-bond donors (Lipinski definition) is 2. The number of amides is 1. The first-order valence-corrected chi connectivity index (χ1v) is 8.32. The van der Waals surface area contributed by atoms with E-state index in [1.165, 1.54) is 11.1 Å². The van der Waals surface area contributed by atoms with E-state index < -0.39 is 0 Å². The number of ether oxygens (including phenoxy) is 2. The van der Waals surface area contributed by atoms with Gasteiger partial charge >= 0.3 is 0 Å². The number of aryl methyl sites for hydroxylation is 2. The molecule has 0 aliphatic heterocycles. The molecule has 2 N–H and O–H groups in total. The minimum Gasteiger partial charge on any atom is -0.493 e. The van der Waals surface area contributed by atoms with Gasteiger partial charge < -0.3 is 20.1 Å². The predicted octanol–water partition coefficient (Wildman–Crippen LogP) is 3.44. The quantitative estimate of drug-likeness (QED) is 0.771. The Hall–Kier alpha value is -2.69. The number of nitrogens with one attached hydrogen (secondary N) is 2. The van der Waals surface area contributed by atoms with E-state index in [-0.39, 0.29) is 5.91 Å². The van der Waals surface area contributed by atoms with Gasteiger partial charge in [0, 0.05) is 25.2 Å². The maximum absolute atomic E-state index is 12.0. The molecule has 0 saturated carbocycles. The van der Waals surface area contributed by atoms with Gasteiger partial charge in [-0.1, -0.05) is 18.2 Å². The Morgan fingerprint density at radius 3 is 2.48 bits per heavy atom. The Morgan fingerprint density at radius 1 is 1.00 bits per heavy atom. The lowest BCUT2D eigenvalue weighted by atomic mass is 10.1. The van der Waals surface area contributed by atoms with Crippen molar-refractivity contribution in [1.82, 2.24) is 5.32 Å². The fourth-order valence-electron chi connectivity index (χ4n) is 2.52. The molecule has 0 aliphatic carbocycles. The van der Waals surface area contributed by atoms with Gasteiger partial charge in [0.15, 0.2) is 11.5 Å². The third-order valence-corrected chi connectivity index (χ3v) is 4.00. The van der Waals surface area contributed by atoms with E-state index in [9.17, 15) is 4.79 Å².